The van der Waals surface area contributed by atoms with Crippen LogP contribution in [-0.2, 0) is 11.2 Å². The Hall–Kier alpha value is -2.63. The standard InChI is InChI=1S/C24H29N5O/c30-22(8-3-5-17-13-25-21-7-2-1-6-19(17)21)28-14-20(24(15-28)11-4-12-24)23-27-26-16-29(23)18-9-10-18/h1-2,6-7,13,16,18,20,25H,3-5,8-12,14-15H2. The molecule has 3 heterocycles. The summed E-state index contributed by atoms with van der Waals surface area (Å²) in [5.41, 5.74) is 2.73. The average Bonchev–Trinajstić information content (AvgIpc) is 3.16. The number of para-hydroxylation sites is 1. The molecule has 0 bridgehead atoms. The van der Waals surface area contributed by atoms with Gasteiger partial charge in [0.05, 0.1) is 0 Å². The zero-order chi connectivity index (χ0) is 20.1. The lowest BCUT2D eigenvalue weighted by Gasteiger charge is -2.42. The lowest BCUT2D eigenvalue weighted by molar-refractivity contribution is -0.130. The first-order chi connectivity index (χ1) is 14.7. The molecule has 3 aromatic rings. The summed E-state index contributed by atoms with van der Waals surface area (Å²) in [4.78, 5) is 18.6. The van der Waals surface area contributed by atoms with E-state index in [0.29, 0.717) is 24.3 Å². The lowest BCUT2D eigenvalue weighted by Crippen LogP contribution is -2.38. The molecule has 1 aliphatic heterocycles. The topological polar surface area (TPSA) is 66.8 Å². The number of hydrogen-bond acceptors (Lipinski definition) is 3. The largest absolute Gasteiger partial charge is 0.361 e. The van der Waals surface area contributed by atoms with Crippen LogP contribution in [0.1, 0.15) is 68.3 Å². The van der Waals surface area contributed by atoms with Crippen molar-refractivity contribution in [1.82, 2.24) is 24.6 Å². The van der Waals surface area contributed by atoms with E-state index in [1.54, 1.807) is 0 Å². The van der Waals surface area contributed by atoms with Crippen molar-refractivity contribution in [2.24, 2.45) is 5.41 Å². The number of amides is 1. The highest BCUT2D eigenvalue weighted by atomic mass is 16.2. The van der Waals surface area contributed by atoms with Crippen LogP contribution in [0.15, 0.2) is 36.8 Å². The fourth-order valence-corrected chi connectivity index (χ4v) is 5.71. The van der Waals surface area contributed by atoms with Gasteiger partial charge in [-0.15, -0.1) is 10.2 Å². The average molecular weight is 404 g/mol. The van der Waals surface area contributed by atoms with Gasteiger partial charge in [-0.2, -0.15) is 0 Å². The normalized spacial score (nSPS) is 22.7. The second-order valence-corrected chi connectivity index (χ2v) is 9.58. The van der Waals surface area contributed by atoms with Gasteiger partial charge in [-0.05, 0) is 55.6 Å². The van der Waals surface area contributed by atoms with Crippen LogP contribution in [0, 0.1) is 5.41 Å². The van der Waals surface area contributed by atoms with Crippen LogP contribution in [0.3, 0.4) is 0 Å². The van der Waals surface area contributed by atoms with Gasteiger partial charge in [-0.1, -0.05) is 24.6 Å². The van der Waals surface area contributed by atoms with Gasteiger partial charge in [-0.25, -0.2) is 0 Å². The van der Waals surface area contributed by atoms with E-state index < -0.39 is 0 Å². The third kappa shape index (κ3) is 2.96. The number of nitrogens with one attached hydrogen (secondary N) is 1. The van der Waals surface area contributed by atoms with Gasteiger partial charge in [0.1, 0.15) is 12.2 Å². The molecule has 1 N–H and O–H groups in total. The minimum absolute atomic E-state index is 0.242. The van der Waals surface area contributed by atoms with E-state index in [2.05, 4.69) is 55.1 Å². The van der Waals surface area contributed by atoms with Crippen molar-refractivity contribution in [1.29, 1.82) is 0 Å². The predicted octanol–water partition coefficient (Wildman–Crippen LogP) is 4.21. The molecule has 1 aromatic carbocycles. The molecule has 156 valence electrons. The summed E-state index contributed by atoms with van der Waals surface area (Å²) in [6.45, 7) is 1.72. The molecule has 3 fully saturated rings. The molecule has 2 aliphatic carbocycles. The summed E-state index contributed by atoms with van der Waals surface area (Å²) in [6, 6.07) is 8.98. The molecular formula is C24H29N5O. The first-order valence-corrected chi connectivity index (χ1v) is 11.5. The summed E-state index contributed by atoms with van der Waals surface area (Å²) < 4.78 is 2.30. The molecule has 1 unspecified atom stereocenters. The fraction of sp³-hybridized carbons (Fsp3) is 0.542. The van der Waals surface area contributed by atoms with Crippen molar-refractivity contribution in [2.45, 2.75) is 63.3 Å². The minimum atomic E-state index is 0.242. The monoisotopic (exact) mass is 403 g/mol. The number of aromatic nitrogens is 4. The van der Waals surface area contributed by atoms with Gasteiger partial charge in [-0.3, -0.25) is 4.79 Å². The molecule has 6 heteroatoms. The number of benzene rings is 1. The number of carbonyl (C=O) groups is 1. The van der Waals surface area contributed by atoms with Crippen LogP contribution in [0.25, 0.3) is 10.9 Å². The number of hydrogen-bond donors (Lipinski definition) is 1. The maximum absolute atomic E-state index is 13.1. The van der Waals surface area contributed by atoms with Crippen LogP contribution in [0.5, 0.6) is 0 Å². The van der Waals surface area contributed by atoms with Gasteiger partial charge in [0.25, 0.3) is 0 Å². The first-order valence-electron chi connectivity index (χ1n) is 11.5. The Labute approximate surface area is 176 Å². The molecule has 1 spiro atoms. The molecule has 1 amide bonds. The molecule has 0 radical (unpaired) electrons. The Morgan fingerprint density at radius 3 is 2.90 bits per heavy atom. The zero-order valence-corrected chi connectivity index (χ0v) is 17.4. The number of aromatic amines is 1. The van der Waals surface area contributed by atoms with Crippen molar-refractivity contribution >= 4 is 16.8 Å². The van der Waals surface area contributed by atoms with E-state index in [1.807, 2.05) is 6.33 Å². The Morgan fingerprint density at radius 1 is 1.23 bits per heavy atom. The maximum Gasteiger partial charge on any atom is 0.222 e. The van der Waals surface area contributed by atoms with Crippen molar-refractivity contribution in [3.8, 4) is 0 Å². The Balaban J connectivity index is 1.12. The van der Waals surface area contributed by atoms with Gasteiger partial charge >= 0.3 is 0 Å². The van der Waals surface area contributed by atoms with E-state index in [1.165, 1.54) is 48.6 Å². The quantitative estimate of drug-likeness (QED) is 0.670. The summed E-state index contributed by atoms with van der Waals surface area (Å²) in [7, 11) is 0. The third-order valence-corrected chi connectivity index (χ3v) is 7.71. The molecule has 6 nitrogen and oxygen atoms in total. The van der Waals surface area contributed by atoms with E-state index in [9.17, 15) is 4.79 Å². The fourth-order valence-electron chi connectivity index (χ4n) is 5.71. The van der Waals surface area contributed by atoms with Crippen molar-refractivity contribution in [2.75, 3.05) is 13.1 Å². The second kappa shape index (κ2) is 6.96. The van der Waals surface area contributed by atoms with E-state index in [-0.39, 0.29) is 5.41 Å². The SMILES string of the molecule is O=C(CCCc1c[nH]c2ccccc12)N1CC(c2nncn2C2CC2)C2(CCC2)C1. The van der Waals surface area contributed by atoms with E-state index in [0.717, 1.165) is 31.8 Å². The van der Waals surface area contributed by atoms with E-state index in [4.69, 9.17) is 0 Å². The number of fused-ring (bicyclic) bond motifs is 1. The number of likely N-dealkylation sites (tertiary alicyclic amines) is 1. The molecule has 30 heavy (non-hydrogen) atoms. The molecule has 1 saturated heterocycles. The highest BCUT2D eigenvalue weighted by Crippen LogP contribution is 2.56. The Kier molecular flexibility index (Phi) is 4.22. The number of nitrogens with zero attached hydrogens (tertiary/aromatic N) is 4. The number of aryl methyl sites for hydroxylation is 1. The van der Waals surface area contributed by atoms with Crippen molar-refractivity contribution < 1.29 is 4.79 Å². The van der Waals surface area contributed by atoms with Crippen LogP contribution < -0.4 is 0 Å². The molecule has 3 aliphatic rings. The van der Waals surface area contributed by atoms with Crippen molar-refractivity contribution in [3.63, 3.8) is 0 Å². The molecule has 6 rings (SSSR count). The summed E-state index contributed by atoms with van der Waals surface area (Å²) in [5, 5.41) is 10.0. The van der Waals surface area contributed by atoms with Crippen LogP contribution in [-0.4, -0.2) is 43.6 Å². The van der Waals surface area contributed by atoms with Gasteiger partial charge in [0, 0.05) is 48.6 Å². The Morgan fingerprint density at radius 2 is 2.10 bits per heavy atom. The van der Waals surface area contributed by atoms with Crippen LogP contribution >= 0.6 is 0 Å². The highest BCUT2D eigenvalue weighted by Gasteiger charge is 2.53. The molecule has 1 atom stereocenters. The van der Waals surface area contributed by atoms with Crippen LogP contribution in [0.2, 0.25) is 0 Å². The van der Waals surface area contributed by atoms with Crippen LogP contribution in [0.4, 0.5) is 0 Å². The second-order valence-electron chi connectivity index (χ2n) is 9.58. The molecule has 2 aromatic heterocycles. The number of rotatable bonds is 6. The molecule has 2 saturated carbocycles. The van der Waals surface area contributed by atoms with E-state index >= 15 is 0 Å². The van der Waals surface area contributed by atoms with Gasteiger partial charge in [0.2, 0.25) is 5.91 Å². The smallest absolute Gasteiger partial charge is 0.222 e. The summed E-state index contributed by atoms with van der Waals surface area (Å²) in [5.74, 6) is 1.79. The van der Waals surface area contributed by atoms with Gasteiger partial charge in [0.15, 0.2) is 0 Å². The maximum atomic E-state index is 13.1. The first kappa shape index (κ1) is 18.2. The summed E-state index contributed by atoms with van der Waals surface area (Å²) in [6.07, 6.45) is 12.6. The summed E-state index contributed by atoms with van der Waals surface area (Å²) >= 11 is 0. The number of carbonyl (C=O) groups excluding carboxylic acids is 1. The predicted molar refractivity (Wildman–Crippen MR) is 115 cm³/mol. The third-order valence-electron chi connectivity index (χ3n) is 7.71. The van der Waals surface area contributed by atoms with Crippen molar-refractivity contribution in [3.05, 3.63) is 48.2 Å². The number of H-pyrrole nitrogens is 1. The highest BCUT2D eigenvalue weighted by molar-refractivity contribution is 5.83. The molecular weight excluding hydrogens is 374 g/mol. The Bertz CT molecular complexity index is 1070. The van der Waals surface area contributed by atoms with Gasteiger partial charge < -0.3 is 14.5 Å². The lowest BCUT2D eigenvalue weighted by atomic mass is 9.62. The minimum Gasteiger partial charge on any atom is -0.361 e. The zero-order valence-electron chi connectivity index (χ0n) is 17.4.